The van der Waals surface area contributed by atoms with Crippen molar-refractivity contribution in [2.45, 2.75) is 6.92 Å². The van der Waals surface area contributed by atoms with E-state index in [9.17, 15) is 4.79 Å². The molecule has 0 radical (unpaired) electrons. The number of thiocarbonyl (C=S) groups is 1. The molecule has 0 atom stereocenters. The molecule has 2 aromatic carbocycles. The van der Waals surface area contributed by atoms with Gasteiger partial charge in [0.1, 0.15) is 4.99 Å². The smallest absolute Gasteiger partial charge is 0.256 e. The van der Waals surface area contributed by atoms with E-state index in [1.807, 2.05) is 19.1 Å². The topological polar surface area (TPSA) is 55.1 Å². The normalized spacial score (nSPS) is 10.2. The Kier molecular flexibility index (Phi) is 4.98. The molecule has 0 heterocycles. The van der Waals surface area contributed by atoms with Gasteiger partial charge in [0.05, 0.1) is 16.3 Å². The van der Waals surface area contributed by atoms with Gasteiger partial charge in [0.25, 0.3) is 5.91 Å². The first-order valence-corrected chi connectivity index (χ1v) is 7.63. The number of nitrogens with one attached hydrogen (secondary N) is 1. The average molecular weight is 384 g/mol. The van der Waals surface area contributed by atoms with E-state index in [2.05, 4.69) is 21.2 Å². The first kappa shape index (κ1) is 15.9. The molecule has 6 heteroatoms. The molecular formula is C15H12BrClN2OS. The summed E-state index contributed by atoms with van der Waals surface area (Å²) in [5.74, 6) is -0.240. The zero-order valence-corrected chi connectivity index (χ0v) is 14.3. The number of benzene rings is 2. The third-order valence-electron chi connectivity index (χ3n) is 2.87. The number of aryl methyl sites for hydroxylation is 1. The van der Waals surface area contributed by atoms with Crippen molar-refractivity contribution in [3.63, 3.8) is 0 Å². The lowest BCUT2D eigenvalue weighted by Crippen LogP contribution is -2.14. The van der Waals surface area contributed by atoms with Crippen molar-refractivity contribution in [3.8, 4) is 0 Å². The van der Waals surface area contributed by atoms with Crippen LogP contribution in [0.4, 0.5) is 5.69 Å². The Morgan fingerprint density at radius 3 is 2.62 bits per heavy atom. The molecule has 21 heavy (non-hydrogen) atoms. The number of rotatable bonds is 3. The molecule has 0 fully saturated rings. The Labute approximate surface area is 141 Å². The molecule has 1 amide bonds. The van der Waals surface area contributed by atoms with Crippen molar-refractivity contribution in [3.05, 3.63) is 62.6 Å². The summed E-state index contributed by atoms with van der Waals surface area (Å²) in [7, 11) is 0. The van der Waals surface area contributed by atoms with Crippen LogP contribution in [0.25, 0.3) is 0 Å². The van der Waals surface area contributed by atoms with Crippen molar-refractivity contribution in [1.82, 2.24) is 0 Å². The summed E-state index contributed by atoms with van der Waals surface area (Å²) in [5, 5.41) is 3.16. The highest BCUT2D eigenvalue weighted by atomic mass is 79.9. The van der Waals surface area contributed by atoms with Crippen molar-refractivity contribution in [1.29, 1.82) is 0 Å². The van der Waals surface area contributed by atoms with Gasteiger partial charge < -0.3 is 11.1 Å². The van der Waals surface area contributed by atoms with Crippen LogP contribution in [-0.2, 0) is 0 Å². The van der Waals surface area contributed by atoms with E-state index in [0.29, 0.717) is 21.8 Å². The molecule has 0 aliphatic rings. The van der Waals surface area contributed by atoms with Crippen molar-refractivity contribution in [2.24, 2.45) is 5.73 Å². The lowest BCUT2D eigenvalue weighted by atomic mass is 10.1. The van der Waals surface area contributed by atoms with E-state index in [4.69, 9.17) is 29.6 Å². The van der Waals surface area contributed by atoms with E-state index < -0.39 is 0 Å². The third kappa shape index (κ3) is 3.81. The van der Waals surface area contributed by atoms with Crippen LogP contribution in [0.2, 0.25) is 5.02 Å². The fourth-order valence-electron chi connectivity index (χ4n) is 1.77. The number of hydrogen-bond acceptors (Lipinski definition) is 2. The Morgan fingerprint density at radius 1 is 1.29 bits per heavy atom. The van der Waals surface area contributed by atoms with Crippen molar-refractivity contribution < 1.29 is 4.79 Å². The predicted octanol–water partition coefficient (Wildman–Crippen LogP) is 4.30. The molecule has 0 saturated heterocycles. The van der Waals surface area contributed by atoms with Crippen molar-refractivity contribution >= 4 is 56.3 Å². The Morgan fingerprint density at radius 2 is 2.00 bits per heavy atom. The fraction of sp³-hybridized carbons (Fsp3) is 0.0667. The number of carbonyl (C=O) groups excluding carboxylic acids is 1. The number of amides is 1. The van der Waals surface area contributed by atoms with Gasteiger partial charge in [-0.15, -0.1) is 0 Å². The van der Waals surface area contributed by atoms with Crippen LogP contribution in [0.3, 0.4) is 0 Å². The lowest BCUT2D eigenvalue weighted by molar-refractivity contribution is 0.102. The molecule has 3 nitrogen and oxygen atoms in total. The molecule has 0 aromatic heterocycles. The monoisotopic (exact) mass is 382 g/mol. The van der Waals surface area contributed by atoms with Crippen LogP contribution >= 0.6 is 39.7 Å². The largest absolute Gasteiger partial charge is 0.389 e. The SMILES string of the molecule is Cc1ccc(Br)c(C(=O)Nc2ccc(C(N)=S)cc2Cl)c1. The summed E-state index contributed by atoms with van der Waals surface area (Å²) >= 11 is 14.4. The predicted molar refractivity (Wildman–Crippen MR) is 94.2 cm³/mol. The van der Waals surface area contributed by atoms with E-state index in [1.54, 1.807) is 24.3 Å². The zero-order valence-electron chi connectivity index (χ0n) is 11.1. The highest BCUT2D eigenvalue weighted by Gasteiger charge is 2.12. The zero-order chi connectivity index (χ0) is 15.6. The lowest BCUT2D eigenvalue weighted by Gasteiger charge is -2.10. The Bertz CT molecular complexity index is 734. The highest BCUT2D eigenvalue weighted by Crippen LogP contribution is 2.25. The number of carbonyl (C=O) groups is 1. The van der Waals surface area contributed by atoms with Crippen LogP contribution < -0.4 is 11.1 Å². The summed E-state index contributed by atoms with van der Waals surface area (Å²) < 4.78 is 0.724. The first-order chi connectivity index (χ1) is 9.88. The number of hydrogen-bond donors (Lipinski definition) is 2. The molecule has 0 bridgehead atoms. The average Bonchev–Trinajstić information content (AvgIpc) is 2.43. The minimum atomic E-state index is -0.240. The van der Waals surface area contributed by atoms with Gasteiger partial charge in [0.15, 0.2) is 0 Å². The second-order valence-corrected chi connectivity index (χ2v) is 6.20. The summed E-state index contributed by atoms with van der Waals surface area (Å²) in [4.78, 5) is 12.6. The molecule has 0 unspecified atom stereocenters. The van der Waals surface area contributed by atoms with Gasteiger partial charge in [-0.1, -0.05) is 35.4 Å². The Hall–Kier alpha value is -1.43. The van der Waals surface area contributed by atoms with Gasteiger partial charge in [0.2, 0.25) is 0 Å². The summed E-state index contributed by atoms with van der Waals surface area (Å²) in [6, 6.07) is 10.6. The van der Waals surface area contributed by atoms with Gasteiger partial charge in [-0.05, 0) is 53.2 Å². The van der Waals surface area contributed by atoms with Crippen LogP contribution in [0.5, 0.6) is 0 Å². The molecule has 0 saturated carbocycles. The number of nitrogens with two attached hydrogens (primary N) is 1. The molecule has 0 spiro atoms. The molecule has 2 rings (SSSR count). The van der Waals surface area contributed by atoms with Crippen molar-refractivity contribution in [2.75, 3.05) is 5.32 Å². The van der Waals surface area contributed by atoms with Crippen LogP contribution in [0.1, 0.15) is 21.5 Å². The van der Waals surface area contributed by atoms with Gasteiger partial charge in [-0.3, -0.25) is 4.79 Å². The third-order valence-corrected chi connectivity index (χ3v) is 4.11. The van der Waals surface area contributed by atoms with E-state index in [1.165, 1.54) is 0 Å². The maximum absolute atomic E-state index is 12.3. The van der Waals surface area contributed by atoms with Gasteiger partial charge in [0, 0.05) is 10.0 Å². The van der Waals surface area contributed by atoms with Crippen LogP contribution in [0, 0.1) is 6.92 Å². The summed E-state index contributed by atoms with van der Waals surface area (Å²) in [6.07, 6.45) is 0. The van der Waals surface area contributed by atoms with E-state index in [0.717, 1.165) is 10.0 Å². The summed E-state index contributed by atoms with van der Waals surface area (Å²) in [5.41, 5.74) is 8.25. The quantitative estimate of drug-likeness (QED) is 0.777. The Balaban J connectivity index is 2.27. The minimum absolute atomic E-state index is 0.240. The summed E-state index contributed by atoms with van der Waals surface area (Å²) in [6.45, 7) is 1.92. The minimum Gasteiger partial charge on any atom is -0.389 e. The second kappa shape index (κ2) is 6.56. The number of halogens is 2. The molecular weight excluding hydrogens is 372 g/mol. The molecule has 2 aromatic rings. The second-order valence-electron chi connectivity index (χ2n) is 4.50. The van der Waals surface area contributed by atoms with E-state index >= 15 is 0 Å². The van der Waals surface area contributed by atoms with Gasteiger partial charge in [-0.25, -0.2) is 0 Å². The molecule has 0 aliphatic heterocycles. The first-order valence-electron chi connectivity index (χ1n) is 6.05. The molecule has 3 N–H and O–H groups in total. The van der Waals surface area contributed by atoms with Gasteiger partial charge >= 0.3 is 0 Å². The fourth-order valence-corrected chi connectivity index (χ4v) is 2.55. The highest BCUT2D eigenvalue weighted by molar-refractivity contribution is 9.10. The van der Waals surface area contributed by atoms with Gasteiger partial charge in [-0.2, -0.15) is 0 Å². The van der Waals surface area contributed by atoms with Crippen LogP contribution in [0.15, 0.2) is 40.9 Å². The molecule has 0 aliphatic carbocycles. The number of anilines is 1. The van der Waals surface area contributed by atoms with Crippen LogP contribution in [-0.4, -0.2) is 10.9 Å². The van der Waals surface area contributed by atoms with E-state index in [-0.39, 0.29) is 10.9 Å². The maximum Gasteiger partial charge on any atom is 0.256 e. The maximum atomic E-state index is 12.3. The molecule has 108 valence electrons. The standard InChI is InChI=1S/C15H12BrClN2OS/c1-8-2-4-11(16)10(6-8)15(20)19-13-5-3-9(14(18)21)7-12(13)17/h2-7H,1H3,(H2,18,21)(H,19,20).